The van der Waals surface area contributed by atoms with Gasteiger partial charge in [-0.15, -0.1) is 0 Å². The van der Waals surface area contributed by atoms with E-state index in [4.69, 9.17) is 21.1 Å². The van der Waals surface area contributed by atoms with Gasteiger partial charge in [-0.1, -0.05) is 51.8 Å². The van der Waals surface area contributed by atoms with Crippen LogP contribution in [0.2, 0.25) is 5.02 Å². The normalized spacial score (nSPS) is 17.3. The lowest BCUT2D eigenvalue weighted by molar-refractivity contribution is -0.164. The van der Waals surface area contributed by atoms with Crippen LogP contribution in [0.3, 0.4) is 0 Å². The largest absolute Gasteiger partial charge is 0.343 e. The lowest BCUT2D eigenvalue weighted by atomic mass is 9.97. The van der Waals surface area contributed by atoms with Gasteiger partial charge < -0.3 is 9.47 Å². The first-order chi connectivity index (χ1) is 9.68. The molecule has 1 fully saturated rings. The monoisotopic (exact) mass is 352 g/mol. The van der Waals surface area contributed by atoms with E-state index < -0.39 is 5.79 Å². The molecule has 20 heavy (non-hydrogen) atoms. The van der Waals surface area contributed by atoms with E-state index in [0.29, 0.717) is 19.6 Å². The van der Waals surface area contributed by atoms with Gasteiger partial charge >= 0.3 is 0 Å². The topological polar surface area (TPSA) is 18.5 Å². The zero-order valence-corrected chi connectivity index (χ0v) is 13.2. The fourth-order valence-electron chi connectivity index (χ4n) is 2.40. The predicted octanol–water partition coefficient (Wildman–Crippen LogP) is 4.54. The molecule has 0 bridgehead atoms. The average Bonchev–Trinajstić information content (AvgIpc) is 2.92. The number of benzene rings is 2. The molecule has 1 aliphatic heterocycles. The Bertz CT molecular complexity index is 574. The zero-order valence-electron chi connectivity index (χ0n) is 10.8. The van der Waals surface area contributed by atoms with Crippen LogP contribution in [-0.2, 0) is 21.7 Å². The van der Waals surface area contributed by atoms with Gasteiger partial charge in [0.2, 0.25) is 0 Å². The molecule has 0 atom stereocenters. The molecule has 3 rings (SSSR count). The Morgan fingerprint density at radius 3 is 2.15 bits per heavy atom. The van der Waals surface area contributed by atoms with Crippen LogP contribution in [0.15, 0.2) is 53.0 Å². The molecule has 104 valence electrons. The second kappa shape index (κ2) is 5.86. The minimum atomic E-state index is -0.686. The Morgan fingerprint density at radius 2 is 1.55 bits per heavy atom. The first-order valence-electron chi connectivity index (χ1n) is 6.46. The van der Waals surface area contributed by atoms with Gasteiger partial charge in [0.05, 0.1) is 13.2 Å². The van der Waals surface area contributed by atoms with E-state index in [1.807, 2.05) is 48.5 Å². The van der Waals surface area contributed by atoms with Crippen molar-refractivity contribution in [2.75, 3.05) is 13.2 Å². The van der Waals surface area contributed by atoms with Crippen molar-refractivity contribution >= 4 is 27.5 Å². The highest BCUT2D eigenvalue weighted by Crippen LogP contribution is 2.35. The van der Waals surface area contributed by atoms with Crippen LogP contribution in [0, 0.1) is 0 Å². The van der Waals surface area contributed by atoms with Crippen molar-refractivity contribution in [1.82, 2.24) is 0 Å². The van der Waals surface area contributed by atoms with E-state index in [0.717, 1.165) is 20.6 Å². The zero-order chi connectivity index (χ0) is 14.0. The molecule has 0 spiro atoms. The summed E-state index contributed by atoms with van der Waals surface area (Å²) in [5.41, 5.74) is 2.17. The van der Waals surface area contributed by atoms with Gasteiger partial charge in [0.15, 0.2) is 5.79 Å². The molecular formula is C16H14BrClO2. The number of hydrogen-bond acceptors (Lipinski definition) is 2. The maximum Gasteiger partial charge on any atom is 0.199 e. The van der Waals surface area contributed by atoms with Crippen molar-refractivity contribution in [3.8, 4) is 0 Å². The van der Waals surface area contributed by atoms with Crippen LogP contribution in [0.4, 0.5) is 0 Å². The molecule has 0 N–H and O–H groups in total. The van der Waals surface area contributed by atoms with Crippen molar-refractivity contribution in [2.24, 2.45) is 0 Å². The van der Waals surface area contributed by atoms with Gasteiger partial charge in [0.1, 0.15) is 0 Å². The average molecular weight is 354 g/mol. The SMILES string of the molecule is Clc1ccc(CC2(c3ccc(Br)cc3)OCCO2)cc1. The minimum absolute atomic E-state index is 0.615. The summed E-state index contributed by atoms with van der Waals surface area (Å²) in [4.78, 5) is 0. The first kappa shape index (κ1) is 14.1. The van der Waals surface area contributed by atoms with Gasteiger partial charge in [-0.25, -0.2) is 0 Å². The van der Waals surface area contributed by atoms with Gasteiger partial charge in [-0.05, 0) is 29.8 Å². The molecule has 4 heteroatoms. The summed E-state index contributed by atoms with van der Waals surface area (Å²) in [6, 6.07) is 15.9. The summed E-state index contributed by atoms with van der Waals surface area (Å²) in [6.07, 6.45) is 0.672. The molecule has 0 amide bonds. The van der Waals surface area contributed by atoms with Crippen LogP contribution in [0.1, 0.15) is 11.1 Å². The molecule has 2 aromatic carbocycles. The second-order valence-corrected chi connectivity index (χ2v) is 6.11. The summed E-state index contributed by atoms with van der Waals surface area (Å²) in [7, 11) is 0. The molecule has 0 saturated carbocycles. The summed E-state index contributed by atoms with van der Waals surface area (Å²) < 4.78 is 12.9. The van der Waals surface area contributed by atoms with E-state index >= 15 is 0 Å². The third kappa shape index (κ3) is 2.91. The molecule has 0 aromatic heterocycles. The summed E-state index contributed by atoms with van der Waals surface area (Å²) >= 11 is 9.38. The summed E-state index contributed by atoms with van der Waals surface area (Å²) in [6.45, 7) is 1.23. The number of rotatable bonds is 3. The van der Waals surface area contributed by atoms with E-state index in [9.17, 15) is 0 Å². The molecular weight excluding hydrogens is 340 g/mol. The Labute approximate surface area is 131 Å². The molecule has 1 aliphatic rings. The Morgan fingerprint density at radius 1 is 0.950 bits per heavy atom. The molecule has 2 aromatic rings. The Hall–Kier alpha value is -0.870. The van der Waals surface area contributed by atoms with Crippen molar-refractivity contribution < 1.29 is 9.47 Å². The first-order valence-corrected chi connectivity index (χ1v) is 7.63. The standard InChI is InChI=1S/C16H14BrClO2/c17-14-5-3-13(4-6-14)16(19-9-10-20-16)11-12-1-7-15(18)8-2-12/h1-8H,9-11H2. The van der Waals surface area contributed by atoms with Crippen LogP contribution in [0.5, 0.6) is 0 Å². The highest BCUT2D eigenvalue weighted by atomic mass is 79.9. The number of hydrogen-bond donors (Lipinski definition) is 0. The van der Waals surface area contributed by atoms with Crippen molar-refractivity contribution in [3.05, 3.63) is 69.2 Å². The van der Waals surface area contributed by atoms with Crippen LogP contribution >= 0.6 is 27.5 Å². The van der Waals surface area contributed by atoms with E-state index in [1.165, 1.54) is 0 Å². The van der Waals surface area contributed by atoms with E-state index in [1.54, 1.807) is 0 Å². The minimum Gasteiger partial charge on any atom is -0.343 e. The Kier molecular flexibility index (Phi) is 4.13. The van der Waals surface area contributed by atoms with Crippen LogP contribution in [-0.4, -0.2) is 13.2 Å². The fraction of sp³-hybridized carbons (Fsp3) is 0.250. The van der Waals surface area contributed by atoms with Crippen LogP contribution in [0.25, 0.3) is 0 Å². The molecule has 2 nitrogen and oxygen atoms in total. The molecule has 1 heterocycles. The summed E-state index contributed by atoms with van der Waals surface area (Å²) in [5, 5.41) is 0.736. The van der Waals surface area contributed by atoms with Gasteiger partial charge in [-0.3, -0.25) is 0 Å². The Balaban J connectivity index is 1.91. The smallest absolute Gasteiger partial charge is 0.199 e. The third-order valence-corrected chi connectivity index (χ3v) is 4.17. The van der Waals surface area contributed by atoms with Gasteiger partial charge in [-0.2, -0.15) is 0 Å². The van der Waals surface area contributed by atoms with E-state index in [2.05, 4.69) is 15.9 Å². The van der Waals surface area contributed by atoms with Gasteiger partial charge in [0.25, 0.3) is 0 Å². The highest BCUT2D eigenvalue weighted by Gasteiger charge is 2.38. The third-order valence-electron chi connectivity index (χ3n) is 3.39. The fourth-order valence-corrected chi connectivity index (χ4v) is 2.79. The number of halogens is 2. The predicted molar refractivity (Wildman–Crippen MR) is 82.9 cm³/mol. The highest BCUT2D eigenvalue weighted by molar-refractivity contribution is 9.10. The lowest BCUT2D eigenvalue weighted by Crippen LogP contribution is -2.29. The van der Waals surface area contributed by atoms with E-state index in [-0.39, 0.29) is 0 Å². The molecule has 0 aliphatic carbocycles. The van der Waals surface area contributed by atoms with Crippen molar-refractivity contribution in [2.45, 2.75) is 12.2 Å². The molecule has 0 radical (unpaired) electrons. The maximum absolute atomic E-state index is 5.93. The molecule has 0 unspecified atom stereocenters. The lowest BCUT2D eigenvalue weighted by Gasteiger charge is -2.28. The van der Waals surface area contributed by atoms with Crippen molar-refractivity contribution in [3.63, 3.8) is 0 Å². The van der Waals surface area contributed by atoms with Crippen LogP contribution < -0.4 is 0 Å². The maximum atomic E-state index is 5.93. The molecule has 1 saturated heterocycles. The summed E-state index contributed by atoms with van der Waals surface area (Å²) in [5.74, 6) is -0.686. The van der Waals surface area contributed by atoms with Gasteiger partial charge in [0, 0.05) is 21.5 Å². The van der Waals surface area contributed by atoms with Crippen molar-refractivity contribution in [1.29, 1.82) is 0 Å². The number of ether oxygens (including phenoxy) is 2. The quantitative estimate of drug-likeness (QED) is 0.806. The second-order valence-electron chi connectivity index (χ2n) is 4.76.